The molecule has 0 aliphatic heterocycles. The zero-order valence-electron chi connectivity index (χ0n) is 17.5. The number of anilines is 1. The summed E-state index contributed by atoms with van der Waals surface area (Å²) in [6, 6.07) is 13.2. The number of hydrogen-bond acceptors (Lipinski definition) is 4. The van der Waals surface area contributed by atoms with Gasteiger partial charge in [0.25, 0.3) is 0 Å². The number of carbonyl (C=O) groups is 1. The number of aromatic carboxylic acids is 1. The van der Waals surface area contributed by atoms with Crippen LogP contribution in [0.5, 0.6) is 0 Å². The normalized spacial score (nSPS) is 15.6. The second-order valence-corrected chi connectivity index (χ2v) is 8.36. The summed E-state index contributed by atoms with van der Waals surface area (Å²) in [7, 11) is 0. The topological polar surface area (TPSA) is 95.3 Å². The number of pyridine rings is 1. The third kappa shape index (κ3) is 3.31. The van der Waals surface area contributed by atoms with Crippen molar-refractivity contribution in [2.45, 2.75) is 25.3 Å². The highest BCUT2D eigenvalue weighted by Gasteiger charge is 2.24. The first-order valence-corrected chi connectivity index (χ1v) is 10.8. The van der Waals surface area contributed by atoms with Gasteiger partial charge in [0.15, 0.2) is 5.65 Å². The maximum Gasteiger partial charge on any atom is 0.339 e. The van der Waals surface area contributed by atoms with E-state index in [-0.39, 0.29) is 11.6 Å². The number of benzene rings is 1. The number of carboxylic acid groups (broad SMARTS) is 1. The van der Waals surface area contributed by atoms with Crippen molar-refractivity contribution in [2.75, 3.05) is 5.32 Å². The highest BCUT2D eigenvalue weighted by molar-refractivity contribution is 5.95. The number of carboxylic acids is 1. The van der Waals surface area contributed by atoms with E-state index in [9.17, 15) is 14.3 Å². The van der Waals surface area contributed by atoms with Gasteiger partial charge >= 0.3 is 5.97 Å². The van der Waals surface area contributed by atoms with Gasteiger partial charge < -0.3 is 15.4 Å². The van der Waals surface area contributed by atoms with Gasteiger partial charge in [-0.1, -0.05) is 18.2 Å². The Balaban J connectivity index is 1.42. The maximum atomic E-state index is 13.8. The van der Waals surface area contributed by atoms with Gasteiger partial charge in [-0.15, -0.1) is 0 Å². The number of nitrogens with zero attached hydrogens (tertiary/aromatic N) is 3. The number of H-pyrrole nitrogens is 1. The molecule has 4 aromatic heterocycles. The van der Waals surface area contributed by atoms with Gasteiger partial charge in [-0.2, -0.15) is 0 Å². The second kappa shape index (κ2) is 7.44. The molecule has 0 saturated carbocycles. The number of hydrogen-bond donors (Lipinski definition) is 3. The van der Waals surface area contributed by atoms with E-state index >= 15 is 0 Å². The molecule has 0 unspecified atom stereocenters. The summed E-state index contributed by atoms with van der Waals surface area (Å²) in [5.41, 5.74) is 5.07. The van der Waals surface area contributed by atoms with Crippen LogP contribution in [0.15, 0.2) is 61.1 Å². The van der Waals surface area contributed by atoms with Gasteiger partial charge in [-0.25, -0.2) is 14.2 Å². The molecule has 6 rings (SSSR count). The van der Waals surface area contributed by atoms with Crippen molar-refractivity contribution in [3.63, 3.8) is 0 Å². The number of halogens is 1. The Labute approximate surface area is 187 Å². The predicted molar refractivity (Wildman–Crippen MR) is 123 cm³/mol. The number of aromatic amines is 1. The first kappa shape index (κ1) is 19.5. The maximum absolute atomic E-state index is 13.8. The molecule has 164 valence electrons. The first-order valence-electron chi connectivity index (χ1n) is 10.8. The molecular weight excluding hydrogens is 421 g/mol. The van der Waals surface area contributed by atoms with Crippen LogP contribution in [0.3, 0.4) is 0 Å². The third-order valence-corrected chi connectivity index (χ3v) is 6.30. The minimum atomic E-state index is -1.06. The highest BCUT2D eigenvalue weighted by Crippen LogP contribution is 2.31. The number of fused-ring (bicyclic) bond motifs is 4. The molecule has 0 saturated heterocycles. The van der Waals surface area contributed by atoms with E-state index in [2.05, 4.69) is 32.4 Å². The average molecular weight is 441 g/mol. The fourth-order valence-electron chi connectivity index (χ4n) is 4.76. The minimum Gasteiger partial charge on any atom is -0.478 e. The first-order chi connectivity index (χ1) is 16.1. The highest BCUT2D eigenvalue weighted by atomic mass is 19.1. The molecule has 1 aliphatic rings. The molecule has 1 aliphatic carbocycles. The van der Waals surface area contributed by atoms with E-state index in [4.69, 9.17) is 0 Å². The lowest BCUT2D eigenvalue weighted by molar-refractivity contribution is 0.0699. The van der Waals surface area contributed by atoms with Crippen molar-refractivity contribution in [3.8, 4) is 11.3 Å². The van der Waals surface area contributed by atoms with Crippen LogP contribution in [0.25, 0.3) is 27.8 Å². The van der Waals surface area contributed by atoms with Crippen LogP contribution >= 0.6 is 0 Å². The van der Waals surface area contributed by atoms with Crippen LogP contribution in [0, 0.1) is 5.82 Å². The van der Waals surface area contributed by atoms with Crippen LogP contribution in [-0.2, 0) is 12.8 Å². The van der Waals surface area contributed by atoms with Crippen LogP contribution in [0.4, 0.5) is 10.2 Å². The van der Waals surface area contributed by atoms with E-state index in [0.717, 1.165) is 31.0 Å². The minimum absolute atomic E-state index is 0.0896. The number of para-hydroxylation sites is 1. The summed E-state index contributed by atoms with van der Waals surface area (Å²) in [6.07, 6.45) is 7.03. The van der Waals surface area contributed by atoms with Gasteiger partial charge in [-0.05, 0) is 43.0 Å². The Bertz CT molecular complexity index is 1540. The Kier molecular flexibility index (Phi) is 4.39. The number of nitrogens with one attached hydrogen (secondary N) is 2. The van der Waals surface area contributed by atoms with Gasteiger partial charge in [0.2, 0.25) is 0 Å². The van der Waals surface area contributed by atoms with Gasteiger partial charge in [0, 0.05) is 46.7 Å². The zero-order valence-corrected chi connectivity index (χ0v) is 17.5. The smallest absolute Gasteiger partial charge is 0.339 e. The lowest BCUT2D eigenvalue weighted by atomic mass is 9.91. The molecule has 0 amide bonds. The molecule has 0 spiro atoms. The van der Waals surface area contributed by atoms with Crippen molar-refractivity contribution in [1.29, 1.82) is 0 Å². The molecule has 33 heavy (non-hydrogen) atoms. The van der Waals surface area contributed by atoms with Crippen LogP contribution in [0.1, 0.15) is 28.0 Å². The zero-order chi connectivity index (χ0) is 22.5. The Hall–Kier alpha value is -4.20. The average Bonchev–Trinajstić information content (AvgIpc) is 3.41. The quantitative estimate of drug-likeness (QED) is 0.376. The lowest BCUT2D eigenvalue weighted by Gasteiger charge is -2.25. The van der Waals surface area contributed by atoms with Gasteiger partial charge in [0.05, 0.1) is 11.9 Å². The summed E-state index contributed by atoms with van der Waals surface area (Å²) < 4.78 is 15.6. The van der Waals surface area contributed by atoms with Gasteiger partial charge in [0.1, 0.15) is 17.2 Å². The molecular formula is C25H20FN5O2. The van der Waals surface area contributed by atoms with E-state index in [1.807, 2.05) is 18.2 Å². The summed E-state index contributed by atoms with van der Waals surface area (Å²) in [5, 5.41) is 14.5. The number of rotatable bonds is 4. The standard InChI is InChI=1S/C25H20FN5O2/c26-15-9-14(12-27-13-15)22-11-23(31-8-7-18(25(32)33)24(31)30-22)28-16-5-6-21-19(10-16)17-3-1-2-4-20(17)29-21/h1-4,7-9,11-13,16,28-29H,5-6,10H2,(H,32,33)/t16-/m1/s1. The SMILES string of the molecule is O=C(O)c1ccn2c(N[C@@H]3CCc4[nH]c5ccccc5c4C3)cc(-c3cncc(F)c3)nc12. The molecule has 1 atom stereocenters. The summed E-state index contributed by atoms with van der Waals surface area (Å²) >= 11 is 0. The van der Waals surface area contributed by atoms with Crippen LogP contribution < -0.4 is 5.32 Å². The molecule has 1 aromatic carbocycles. The molecule has 4 heterocycles. The van der Waals surface area contributed by atoms with Crippen molar-refractivity contribution in [1.82, 2.24) is 19.4 Å². The van der Waals surface area contributed by atoms with Crippen molar-refractivity contribution in [3.05, 3.63) is 83.7 Å². The van der Waals surface area contributed by atoms with E-state index in [1.165, 1.54) is 35.0 Å². The Morgan fingerprint density at radius 1 is 1.21 bits per heavy atom. The van der Waals surface area contributed by atoms with E-state index < -0.39 is 11.8 Å². The molecule has 0 bridgehead atoms. The van der Waals surface area contributed by atoms with E-state index in [1.54, 1.807) is 10.6 Å². The predicted octanol–water partition coefficient (Wildman–Crippen LogP) is 4.68. The molecule has 3 N–H and O–H groups in total. The molecule has 8 heteroatoms. The van der Waals surface area contributed by atoms with Crippen molar-refractivity contribution < 1.29 is 14.3 Å². The van der Waals surface area contributed by atoms with Crippen LogP contribution in [-0.4, -0.2) is 36.5 Å². The largest absolute Gasteiger partial charge is 0.478 e. The van der Waals surface area contributed by atoms with Crippen LogP contribution in [0.2, 0.25) is 0 Å². The number of aryl methyl sites for hydroxylation is 1. The Morgan fingerprint density at radius 2 is 2.09 bits per heavy atom. The summed E-state index contributed by atoms with van der Waals surface area (Å²) in [4.78, 5) is 23.7. The molecule has 0 fully saturated rings. The molecule has 7 nitrogen and oxygen atoms in total. The summed E-state index contributed by atoms with van der Waals surface area (Å²) in [6.45, 7) is 0. The number of aromatic nitrogens is 4. The lowest BCUT2D eigenvalue weighted by Crippen LogP contribution is -2.28. The Morgan fingerprint density at radius 3 is 2.94 bits per heavy atom. The molecule has 5 aromatic rings. The van der Waals surface area contributed by atoms with Crippen molar-refractivity contribution in [2.24, 2.45) is 0 Å². The van der Waals surface area contributed by atoms with Crippen molar-refractivity contribution >= 4 is 28.3 Å². The third-order valence-electron chi connectivity index (χ3n) is 6.30. The fraction of sp³-hybridized carbons (Fsp3) is 0.160. The molecule has 0 radical (unpaired) electrons. The fourth-order valence-corrected chi connectivity index (χ4v) is 4.76. The second-order valence-electron chi connectivity index (χ2n) is 8.36. The van der Waals surface area contributed by atoms with Gasteiger partial charge in [-0.3, -0.25) is 9.38 Å². The summed E-state index contributed by atoms with van der Waals surface area (Å²) in [5.74, 6) is -0.830. The van der Waals surface area contributed by atoms with E-state index in [0.29, 0.717) is 22.7 Å². The monoisotopic (exact) mass is 441 g/mol.